The molecule has 3 aromatic rings. The molecule has 0 fully saturated rings. The number of carboxylic acids is 1. The Labute approximate surface area is 202 Å². The van der Waals surface area contributed by atoms with Crippen molar-refractivity contribution in [2.24, 2.45) is 0 Å². The zero-order chi connectivity index (χ0) is 26.3. The third-order valence-corrected chi connectivity index (χ3v) is 4.32. The number of aryl methyl sites for hydroxylation is 2. The maximum atomic E-state index is 10.8. The number of anilines is 1. The molecule has 0 atom stereocenters. The van der Waals surface area contributed by atoms with Crippen molar-refractivity contribution in [1.29, 1.82) is 0 Å². The predicted octanol–water partition coefficient (Wildman–Crippen LogP) is 6.94. The van der Waals surface area contributed by atoms with Crippen molar-refractivity contribution < 1.29 is 14.3 Å². The van der Waals surface area contributed by atoms with Crippen molar-refractivity contribution >= 4 is 11.8 Å². The molecule has 0 bridgehead atoms. The van der Waals surface area contributed by atoms with Gasteiger partial charge in [-0.05, 0) is 57.4 Å². The molecule has 0 saturated heterocycles. The first kappa shape index (κ1) is 30.3. The maximum Gasteiger partial charge on any atom is 0.330 e. The van der Waals surface area contributed by atoms with Crippen LogP contribution in [0.3, 0.4) is 0 Å². The minimum absolute atomic E-state index is 0.333. The van der Waals surface area contributed by atoms with E-state index in [4.69, 9.17) is 10.8 Å². The van der Waals surface area contributed by atoms with Gasteiger partial charge in [-0.15, -0.1) is 0 Å². The van der Waals surface area contributed by atoms with Gasteiger partial charge in [0.2, 0.25) is 0 Å². The zero-order valence-corrected chi connectivity index (χ0v) is 21.3. The Balaban J connectivity index is 0.000000700. The van der Waals surface area contributed by atoms with Crippen molar-refractivity contribution in [3.05, 3.63) is 83.8 Å². The number of halogens is 1. The smallest absolute Gasteiger partial charge is 0.330 e. The number of nitrogens with two attached hydrogens (primary N) is 1. The van der Waals surface area contributed by atoms with E-state index in [0.717, 1.165) is 29.1 Å². The van der Waals surface area contributed by atoms with E-state index in [1.807, 2.05) is 39.0 Å². The molecule has 0 amide bonds. The molecule has 34 heavy (non-hydrogen) atoms. The van der Waals surface area contributed by atoms with E-state index in [-0.39, 0.29) is 5.83 Å². The molecule has 2 heterocycles. The summed E-state index contributed by atoms with van der Waals surface area (Å²) in [5.74, 6) is 0.184. The van der Waals surface area contributed by atoms with Gasteiger partial charge in [-0.2, -0.15) is 9.78 Å². The average Bonchev–Trinajstić information content (AvgIpc) is 3.21. The van der Waals surface area contributed by atoms with Crippen LogP contribution in [0.2, 0.25) is 0 Å². The fourth-order valence-electron chi connectivity index (χ4n) is 2.48. The highest BCUT2D eigenvalue weighted by Gasteiger charge is 2.11. The molecule has 0 aliphatic heterocycles. The highest BCUT2D eigenvalue weighted by molar-refractivity contribution is 5.85. The van der Waals surface area contributed by atoms with Gasteiger partial charge < -0.3 is 10.8 Å². The van der Waals surface area contributed by atoms with E-state index in [1.165, 1.54) is 12.5 Å². The van der Waals surface area contributed by atoms with Crippen LogP contribution in [0.1, 0.15) is 52.7 Å². The Morgan fingerprint density at radius 1 is 1.21 bits per heavy atom. The largest absolute Gasteiger partial charge is 0.478 e. The summed E-state index contributed by atoms with van der Waals surface area (Å²) in [4.78, 5) is 14.2. The highest BCUT2D eigenvalue weighted by Crippen LogP contribution is 2.24. The van der Waals surface area contributed by atoms with E-state index in [1.54, 1.807) is 30.8 Å². The number of rotatable bonds is 4. The second-order valence-corrected chi connectivity index (χ2v) is 7.02. The first-order valence-corrected chi connectivity index (χ1v) is 11.1. The lowest BCUT2D eigenvalue weighted by Crippen LogP contribution is -2.05. The van der Waals surface area contributed by atoms with Crippen molar-refractivity contribution in [3.8, 4) is 17.1 Å². The quantitative estimate of drug-likeness (QED) is 0.404. The molecule has 6 nitrogen and oxygen atoms in total. The molecule has 7 heteroatoms. The number of nitrogens with zero attached hydrogens (tertiary/aromatic N) is 3. The topological polar surface area (TPSA) is 94.0 Å². The second kappa shape index (κ2) is 16.0. The lowest BCUT2D eigenvalue weighted by atomic mass is 10.1. The van der Waals surface area contributed by atoms with Gasteiger partial charge in [-0.25, -0.2) is 14.2 Å². The van der Waals surface area contributed by atoms with E-state index >= 15 is 0 Å². The maximum absolute atomic E-state index is 10.8. The molecular formula is C27H37FN4O2. The first-order chi connectivity index (χ1) is 16.1. The Morgan fingerprint density at radius 2 is 1.82 bits per heavy atom. The summed E-state index contributed by atoms with van der Waals surface area (Å²) in [6.07, 6.45) is 4.31. The molecule has 3 N–H and O–H groups in total. The lowest BCUT2D eigenvalue weighted by Gasteiger charge is -2.05. The third kappa shape index (κ3) is 10.3. The van der Waals surface area contributed by atoms with Gasteiger partial charge in [0.25, 0.3) is 0 Å². The molecule has 2 aromatic heterocycles. The normalized spacial score (nSPS) is 9.94. The standard InChI is InChI=1S/C17H18N4.C5H8O2.C3H5F.C2H6/c1-3-13-7-4-8-14(10-13)15-11-16(18)21(20-15)17-12(2)6-5-9-19-17;1-3-4(2)5(6)7;1-3(2)4;1-2/h4-11H,3,18H2,1-2H3;3H,1-2H3,(H,6,7);1H2,2H3;1-2H3/b;4-3+;;. The summed E-state index contributed by atoms with van der Waals surface area (Å²) in [6.45, 7) is 15.6. The summed E-state index contributed by atoms with van der Waals surface area (Å²) in [7, 11) is 0. The first-order valence-electron chi connectivity index (χ1n) is 11.1. The molecule has 0 spiro atoms. The number of nitrogen functional groups attached to an aromatic ring is 1. The zero-order valence-electron chi connectivity index (χ0n) is 21.3. The van der Waals surface area contributed by atoms with Crippen LogP contribution in [0.15, 0.2) is 72.7 Å². The fourth-order valence-corrected chi connectivity index (χ4v) is 2.48. The number of pyridine rings is 1. The second-order valence-electron chi connectivity index (χ2n) is 7.02. The lowest BCUT2D eigenvalue weighted by molar-refractivity contribution is -0.132. The van der Waals surface area contributed by atoms with Crippen LogP contribution < -0.4 is 5.73 Å². The Bertz CT molecular complexity index is 1080. The summed E-state index contributed by atoms with van der Waals surface area (Å²) in [5.41, 5.74) is 10.8. The van der Waals surface area contributed by atoms with Gasteiger partial charge in [0.15, 0.2) is 5.82 Å². The number of hydrogen-bond acceptors (Lipinski definition) is 4. The summed E-state index contributed by atoms with van der Waals surface area (Å²) < 4.78 is 12.5. The summed E-state index contributed by atoms with van der Waals surface area (Å²) >= 11 is 0. The summed E-state index contributed by atoms with van der Waals surface area (Å²) in [5, 5.41) is 12.7. The number of carbonyl (C=O) groups is 1. The van der Waals surface area contributed by atoms with Crippen LogP contribution in [0.5, 0.6) is 0 Å². The van der Waals surface area contributed by atoms with Crippen molar-refractivity contribution in [2.75, 3.05) is 5.73 Å². The minimum atomic E-state index is -0.845. The van der Waals surface area contributed by atoms with Gasteiger partial charge in [0.1, 0.15) is 5.82 Å². The number of hydrogen-bond donors (Lipinski definition) is 2. The molecule has 0 aliphatic rings. The Kier molecular flexibility index (Phi) is 14.2. The average molecular weight is 469 g/mol. The van der Waals surface area contributed by atoms with Gasteiger partial charge in [0.05, 0.1) is 11.5 Å². The van der Waals surface area contributed by atoms with Gasteiger partial charge in [-0.3, -0.25) is 0 Å². The predicted molar refractivity (Wildman–Crippen MR) is 140 cm³/mol. The van der Waals surface area contributed by atoms with E-state index in [0.29, 0.717) is 11.4 Å². The van der Waals surface area contributed by atoms with Gasteiger partial charge >= 0.3 is 5.97 Å². The Morgan fingerprint density at radius 3 is 2.29 bits per heavy atom. The SMILES string of the molecule is C/C=C(\C)C(=O)O.C=C(C)F.CC.CCc1cccc(-c2cc(N)n(-c3ncccc3C)n2)c1. The van der Waals surface area contributed by atoms with Crippen molar-refractivity contribution in [2.45, 2.75) is 54.9 Å². The minimum Gasteiger partial charge on any atom is -0.478 e. The van der Waals surface area contributed by atoms with Crippen LogP contribution in [-0.2, 0) is 11.2 Å². The van der Waals surface area contributed by atoms with Crippen molar-refractivity contribution in [3.63, 3.8) is 0 Å². The number of carboxylic acid groups (broad SMARTS) is 1. The van der Waals surface area contributed by atoms with Crippen LogP contribution >= 0.6 is 0 Å². The van der Waals surface area contributed by atoms with Crippen LogP contribution in [0, 0.1) is 6.92 Å². The fraction of sp³-hybridized carbons (Fsp3) is 0.296. The molecule has 3 rings (SSSR count). The van der Waals surface area contributed by atoms with Crippen molar-refractivity contribution in [1.82, 2.24) is 14.8 Å². The molecule has 0 unspecified atom stereocenters. The number of allylic oxidation sites excluding steroid dienone is 2. The molecular weight excluding hydrogens is 431 g/mol. The van der Waals surface area contributed by atoms with Crippen LogP contribution in [0.4, 0.5) is 10.2 Å². The highest BCUT2D eigenvalue weighted by atomic mass is 19.1. The van der Waals surface area contributed by atoms with E-state index in [9.17, 15) is 9.18 Å². The Hall–Kier alpha value is -3.74. The third-order valence-electron chi connectivity index (χ3n) is 4.32. The molecule has 1 aromatic carbocycles. The van der Waals surface area contributed by atoms with Gasteiger partial charge in [-0.1, -0.05) is 57.7 Å². The molecule has 0 aliphatic carbocycles. The van der Waals surface area contributed by atoms with Crippen LogP contribution in [-0.4, -0.2) is 25.8 Å². The number of aliphatic carboxylic acids is 1. The number of aromatic nitrogens is 3. The monoisotopic (exact) mass is 468 g/mol. The van der Waals surface area contributed by atoms with E-state index in [2.05, 4.69) is 47.9 Å². The molecule has 0 saturated carbocycles. The van der Waals surface area contributed by atoms with Gasteiger partial charge in [0, 0.05) is 23.4 Å². The van der Waals surface area contributed by atoms with E-state index < -0.39 is 5.97 Å². The molecule has 184 valence electrons. The van der Waals surface area contributed by atoms with Crippen LogP contribution in [0.25, 0.3) is 17.1 Å². The summed E-state index contributed by atoms with van der Waals surface area (Å²) in [6, 6.07) is 14.2. The molecule has 0 radical (unpaired) electrons. The number of benzene rings is 1.